The summed E-state index contributed by atoms with van der Waals surface area (Å²) in [6.07, 6.45) is 3.77. The Hall–Kier alpha value is -2.27. The van der Waals surface area contributed by atoms with Crippen molar-refractivity contribution in [3.8, 4) is 11.5 Å². The highest BCUT2D eigenvalue weighted by Crippen LogP contribution is 2.37. The molecule has 0 aliphatic carbocycles. The van der Waals surface area contributed by atoms with Crippen LogP contribution in [0.4, 0.5) is 0 Å². The van der Waals surface area contributed by atoms with E-state index in [0.29, 0.717) is 24.0 Å². The van der Waals surface area contributed by atoms with Crippen LogP contribution in [0.1, 0.15) is 18.4 Å². The van der Waals surface area contributed by atoms with Crippen molar-refractivity contribution in [2.45, 2.75) is 6.92 Å². The highest BCUT2D eigenvalue weighted by Gasteiger charge is 2.10. The summed E-state index contributed by atoms with van der Waals surface area (Å²) in [5.74, 6) is 1.95. The molecule has 0 N–H and O–H groups in total. The van der Waals surface area contributed by atoms with E-state index in [0.717, 1.165) is 21.1 Å². The van der Waals surface area contributed by atoms with Crippen LogP contribution < -0.4 is 9.47 Å². The Bertz CT molecular complexity index is 822. The van der Waals surface area contributed by atoms with Gasteiger partial charge in [0.15, 0.2) is 17.1 Å². The standard InChI is InChI=1S/C18H16BrNO3/c1-3-22-16-11-12(10-13(19)18(16)21-2)8-9-17-20-14-6-4-5-7-15(14)23-17/h4-11H,3H2,1-2H3/b9-8+. The molecule has 0 aliphatic rings. The van der Waals surface area contributed by atoms with Gasteiger partial charge in [-0.3, -0.25) is 0 Å². The van der Waals surface area contributed by atoms with E-state index in [9.17, 15) is 0 Å². The first-order chi connectivity index (χ1) is 11.2. The average molecular weight is 374 g/mol. The van der Waals surface area contributed by atoms with Gasteiger partial charge in [-0.2, -0.15) is 0 Å². The van der Waals surface area contributed by atoms with Crippen LogP contribution in [0.25, 0.3) is 23.3 Å². The smallest absolute Gasteiger partial charge is 0.220 e. The fraction of sp³-hybridized carbons (Fsp3) is 0.167. The van der Waals surface area contributed by atoms with Crippen LogP contribution in [0.2, 0.25) is 0 Å². The number of hydrogen-bond acceptors (Lipinski definition) is 4. The summed E-state index contributed by atoms with van der Waals surface area (Å²) >= 11 is 3.50. The minimum Gasteiger partial charge on any atom is -0.492 e. The van der Waals surface area contributed by atoms with Crippen molar-refractivity contribution in [3.63, 3.8) is 0 Å². The number of nitrogens with zero attached hydrogens (tertiary/aromatic N) is 1. The Morgan fingerprint density at radius 3 is 2.78 bits per heavy atom. The number of hydrogen-bond donors (Lipinski definition) is 0. The Balaban J connectivity index is 1.92. The summed E-state index contributed by atoms with van der Waals surface area (Å²) in [5, 5.41) is 0. The van der Waals surface area contributed by atoms with Gasteiger partial charge in [0, 0.05) is 6.08 Å². The van der Waals surface area contributed by atoms with Gasteiger partial charge in [0.2, 0.25) is 5.89 Å². The average Bonchev–Trinajstić information content (AvgIpc) is 2.96. The largest absolute Gasteiger partial charge is 0.492 e. The van der Waals surface area contributed by atoms with Gasteiger partial charge in [0.25, 0.3) is 0 Å². The maximum absolute atomic E-state index is 5.68. The topological polar surface area (TPSA) is 44.5 Å². The number of aromatic nitrogens is 1. The molecule has 0 saturated heterocycles. The molecule has 0 saturated carbocycles. The second-order valence-corrected chi connectivity index (χ2v) is 5.67. The van der Waals surface area contributed by atoms with E-state index in [2.05, 4.69) is 20.9 Å². The molecule has 3 rings (SSSR count). The van der Waals surface area contributed by atoms with Gasteiger partial charge in [-0.1, -0.05) is 12.1 Å². The lowest BCUT2D eigenvalue weighted by Crippen LogP contribution is -1.96. The Morgan fingerprint density at radius 1 is 1.22 bits per heavy atom. The van der Waals surface area contributed by atoms with Crippen LogP contribution in [-0.4, -0.2) is 18.7 Å². The predicted molar refractivity (Wildman–Crippen MR) is 94.8 cm³/mol. The summed E-state index contributed by atoms with van der Waals surface area (Å²) in [5.41, 5.74) is 2.58. The first-order valence-corrected chi connectivity index (χ1v) is 8.04. The maximum atomic E-state index is 5.68. The van der Waals surface area contributed by atoms with Gasteiger partial charge in [-0.05, 0) is 58.8 Å². The molecule has 1 aromatic heterocycles. The molecule has 5 heteroatoms. The Morgan fingerprint density at radius 2 is 2.04 bits per heavy atom. The third-order valence-corrected chi connectivity index (χ3v) is 3.85. The van der Waals surface area contributed by atoms with Gasteiger partial charge in [0.1, 0.15) is 5.52 Å². The summed E-state index contributed by atoms with van der Waals surface area (Å²) in [4.78, 5) is 4.42. The Kier molecular flexibility index (Phi) is 4.67. The lowest BCUT2D eigenvalue weighted by Gasteiger charge is -2.11. The molecule has 1 heterocycles. The molecule has 0 atom stereocenters. The quantitative estimate of drug-likeness (QED) is 0.618. The number of ether oxygens (including phenoxy) is 2. The van der Waals surface area contributed by atoms with Gasteiger partial charge in [-0.15, -0.1) is 0 Å². The molecule has 118 valence electrons. The van der Waals surface area contributed by atoms with Crippen molar-refractivity contribution in [1.82, 2.24) is 4.98 Å². The molecule has 0 spiro atoms. The van der Waals surface area contributed by atoms with Crippen molar-refractivity contribution in [2.24, 2.45) is 0 Å². The third-order valence-electron chi connectivity index (χ3n) is 3.26. The number of para-hydroxylation sites is 2. The molecule has 0 unspecified atom stereocenters. The van der Waals surface area contributed by atoms with Crippen molar-refractivity contribution in [3.05, 3.63) is 52.3 Å². The van der Waals surface area contributed by atoms with E-state index in [1.54, 1.807) is 7.11 Å². The van der Waals surface area contributed by atoms with Crippen molar-refractivity contribution in [1.29, 1.82) is 0 Å². The third kappa shape index (κ3) is 3.40. The van der Waals surface area contributed by atoms with Crippen molar-refractivity contribution >= 4 is 39.2 Å². The maximum Gasteiger partial charge on any atom is 0.220 e. The number of fused-ring (bicyclic) bond motifs is 1. The number of benzene rings is 2. The van der Waals surface area contributed by atoms with Crippen LogP contribution >= 0.6 is 15.9 Å². The molecule has 0 bridgehead atoms. The zero-order valence-electron chi connectivity index (χ0n) is 12.9. The summed E-state index contributed by atoms with van der Waals surface area (Å²) < 4.78 is 17.5. The molecule has 23 heavy (non-hydrogen) atoms. The van der Waals surface area contributed by atoms with Crippen LogP contribution in [-0.2, 0) is 0 Å². The van der Waals surface area contributed by atoms with Gasteiger partial charge in [0.05, 0.1) is 18.2 Å². The van der Waals surface area contributed by atoms with Crippen LogP contribution in [0, 0.1) is 0 Å². The molecule has 0 aliphatic heterocycles. The zero-order valence-corrected chi connectivity index (χ0v) is 14.5. The highest BCUT2D eigenvalue weighted by molar-refractivity contribution is 9.10. The summed E-state index contributed by atoms with van der Waals surface area (Å²) in [7, 11) is 1.62. The normalized spacial score (nSPS) is 11.3. The monoisotopic (exact) mass is 373 g/mol. The summed E-state index contributed by atoms with van der Waals surface area (Å²) in [6.45, 7) is 2.51. The number of rotatable bonds is 5. The first kappa shape index (κ1) is 15.6. The number of halogens is 1. The summed E-state index contributed by atoms with van der Waals surface area (Å²) in [6, 6.07) is 11.6. The molecule has 0 amide bonds. The van der Waals surface area contributed by atoms with E-state index >= 15 is 0 Å². The molecular weight excluding hydrogens is 358 g/mol. The lowest BCUT2D eigenvalue weighted by molar-refractivity contribution is 0.310. The van der Waals surface area contributed by atoms with Gasteiger partial charge < -0.3 is 13.9 Å². The van der Waals surface area contributed by atoms with Gasteiger partial charge >= 0.3 is 0 Å². The second kappa shape index (κ2) is 6.87. The van der Waals surface area contributed by atoms with E-state index in [4.69, 9.17) is 13.9 Å². The molecule has 0 radical (unpaired) electrons. The van der Waals surface area contributed by atoms with Crippen molar-refractivity contribution < 1.29 is 13.9 Å². The van der Waals surface area contributed by atoms with Crippen LogP contribution in [0.3, 0.4) is 0 Å². The molecule has 2 aromatic carbocycles. The van der Waals surface area contributed by atoms with Crippen LogP contribution in [0.15, 0.2) is 45.3 Å². The molecule has 0 fully saturated rings. The van der Waals surface area contributed by atoms with Gasteiger partial charge in [-0.25, -0.2) is 4.98 Å². The van der Waals surface area contributed by atoms with Crippen LogP contribution in [0.5, 0.6) is 11.5 Å². The van der Waals surface area contributed by atoms with Crippen molar-refractivity contribution in [2.75, 3.05) is 13.7 Å². The van der Waals surface area contributed by atoms with E-state index in [-0.39, 0.29) is 0 Å². The second-order valence-electron chi connectivity index (χ2n) is 4.82. The fourth-order valence-electron chi connectivity index (χ4n) is 2.27. The number of methoxy groups -OCH3 is 1. The SMILES string of the molecule is CCOc1cc(/C=C/c2nc3ccccc3o2)cc(Br)c1OC. The minimum atomic E-state index is 0.566. The predicted octanol–water partition coefficient (Wildman–Crippen LogP) is 5.17. The minimum absolute atomic E-state index is 0.566. The van der Waals surface area contributed by atoms with E-state index in [1.807, 2.05) is 55.5 Å². The van der Waals surface area contributed by atoms with E-state index < -0.39 is 0 Å². The number of oxazole rings is 1. The Labute approximate surface area is 142 Å². The fourth-order valence-corrected chi connectivity index (χ4v) is 2.90. The highest BCUT2D eigenvalue weighted by atomic mass is 79.9. The lowest BCUT2D eigenvalue weighted by atomic mass is 10.2. The molecule has 3 aromatic rings. The molecular formula is C18H16BrNO3. The first-order valence-electron chi connectivity index (χ1n) is 7.25. The van der Waals surface area contributed by atoms with E-state index in [1.165, 1.54) is 0 Å². The molecule has 4 nitrogen and oxygen atoms in total. The zero-order chi connectivity index (χ0) is 16.2.